The average Bonchev–Trinajstić information content (AvgIpc) is 2.59. The number of aliphatic hydroxyl groups excluding tert-OH is 2. The number of aromatic nitrogens is 1. The summed E-state index contributed by atoms with van der Waals surface area (Å²) >= 11 is 22.7. The van der Waals surface area contributed by atoms with E-state index in [0.717, 1.165) is 0 Å². The minimum atomic E-state index is -2.92. The van der Waals surface area contributed by atoms with Crippen LogP contribution in [0.4, 0.5) is 0 Å². The molecule has 160 valence electrons. The lowest BCUT2D eigenvalue weighted by molar-refractivity contribution is -0.165. The van der Waals surface area contributed by atoms with Crippen molar-refractivity contribution in [3.8, 4) is 5.88 Å². The van der Waals surface area contributed by atoms with Crippen LogP contribution in [0.5, 0.6) is 5.88 Å². The molecule has 15 heteroatoms. The number of halogens is 3. The summed E-state index contributed by atoms with van der Waals surface area (Å²) in [6, 6.07) is 1.42. The van der Waals surface area contributed by atoms with Crippen molar-refractivity contribution in [2.24, 2.45) is 0 Å². The molecule has 2 unspecified atom stereocenters. The van der Waals surface area contributed by atoms with Gasteiger partial charge in [-0.1, -0.05) is 34.8 Å². The van der Waals surface area contributed by atoms with Gasteiger partial charge in [-0.3, -0.25) is 9.05 Å². The molecule has 0 aliphatic carbocycles. The van der Waals surface area contributed by atoms with Crippen LogP contribution in [-0.4, -0.2) is 62.8 Å². The number of pyridine rings is 1. The highest BCUT2D eigenvalue weighted by atomic mass is 35.5. The highest BCUT2D eigenvalue weighted by Crippen LogP contribution is 2.51. The Labute approximate surface area is 180 Å². The fourth-order valence-corrected chi connectivity index (χ4v) is 3.86. The van der Waals surface area contributed by atoms with Gasteiger partial charge >= 0.3 is 18.7 Å². The summed E-state index contributed by atoms with van der Waals surface area (Å²) in [6.45, 7) is 1.37. The van der Waals surface area contributed by atoms with Crippen molar-refractivity contribution in [3.05, 3.63) is 21.3 Å². The van der Waals surface area contributed by atoms with Crippen LogP contribution in [0.15, 0.2) is 6.07 Å². The van der Waals surface area contributed by atoms with E-state index in [9.17, 15) is 9.59 Å². The van der Waals surface area contributed by atoms with E-state index in [2.05, 4.69) is 4.98 Å². The van der Waals surface area contributed by atoms with Gasteiger partial charge in [-0.2, -0.15) is 4.98 Å². The number of hydrogen-bond donors (Lipinski definition) is 4. The SMILES string of the molecule is CCOP(=S)(OCC)Oc1nc(Cl)c(Cl)cc1Cl.O=C(O)C(O)C(O)C(=O)O. The predicted molar refractivity (Wildman–Crippen MR) is 105 cm³/mol. The molecule has 1 aromatic rings. The number of nitrogens with zero attached hydrogens (tertiary/aromatic N) is 1. The van der Waals surface area contributed by atoms with Gasteiger partial charge in [0.25, 0.3) is 0 Å². The first-order chi connectivity index (χ1) is 12.9. The Balaban J connectivity index is 0.000000621. The molecule has 0 radical (unpaired) electrons. The third-order valence-electron chi connectivity index (χ3n) is 2.43. The minimum Gasteiger partial charge on any atom is -0.479 e. The molecule has 0 aliphatic rings. The Hall–Kier alpha value is -0.750. The van der Waals surface area contributed by atoms with Crippen LogP contribution in [-0.2, 0) is 30.4 Å². The monoisotopic (exact) mass is 499 g/mol. The zero-order chi connectivity index (χ0) is 22.1. The van der Waals surface area contributed by atoms with Crippen molar-refractivity contribution in [1.29, 1.82) is 0 Å². The van der Waals surface area contributed by atoms with E-state index < -0.39 is 30.9 Å². The lowest BCUT2D eigenvalue weighted by atomic mass is 10.2. The van der Waals surface area contributed by atoms with Crippen molar-refractivity contribution in [1.82, 2.24) is 4.98 Å². The maximum Gasteiger partial charge on any atom is 0.381 e. The van der Waals surface area contributed by atoms with Crippen molar-refractivity contribution in [2.75, 3.05) is 13.2 Å². The molecule has 1 aromatic heterocycles. The molecule has 4 N–H and O–H groups in total. The number of rotatable bonds is 9. The summed E-state index contributed by atoms with van der Waals surface area (Å²) in [7, 11) is 0. The second-order valence-corrected chi connectivity index (χ2v) is 8.60. The van der Waals surface area contributed by atoms with Gasteiger partial charge in [-0.25, -0.2) is 9.59 Å². The number of carboxylic acids is 2. The van der Waals surface area contributed by atoms with Crippen LogP contribution in [0.25, 0.3) is 0 Å². The number of aliphatic carboxylic acids is 2. The van der Waals surface area contributed by atoms with Gasteiger partial charge in [0.05, 0.1) is 18.2 Å². The number of carbonyl (C=O) groups is 2. The molecule has 0 aromatic carbocycles. The lowest BCUT2D eigenvalue weighted by Crippen LogP contribution is -2.39. The third kappa shape index (κ3) is 9.17. The van der Waals surface area contributed by atoms with Crippen LogP contribution in [0.1, 0.15) is 13.8 Å². The first-order valence-electron chi connectivity index (χ1n) is 7.30. The minimum absolute atomic E-state index is 0.0521. The molecule has 2 atom stereocenters. The van der Waals surface area contributed by atoms with Crippen LogP contribution in [0, 0.1) is 0 Å². The summed E-state index contributed by atoms with van der Waals surface area (Å²) in [5.41, 5.74) is 0. The standard InChI is InChI=1S/C9H11Cl3NO3PS.C4H6O6/c1-3-14-17(18,15-4-2)16-9-7(11)5-6(10)8(12)13-9;5-1(3(7)8)2(6)4(9)10/h5H,3-4H2,1-2H3;1-2,5-6H,(H,7,8)(H,9,10). The summed E-state index contributed by atoms with van der Waals surface area (Å²) in [5, 5.41) is 33.0. The van der Waals surface area contributed by atoms with Gasteiger partial charge in [-0.15, -0.1) is 0 Å². The maximum absolute atomic E-state index is 9.77. The van der Waals surface area contributed by atoms with Gasteiger partial charge < -0.3 is 24.9 Å². The predicted octanol–water partition coefficient (Wildman–Crippen LogP) is 2.60. The van der Waals surface area contributed by atoms with Gasteiger partial charge in [0.1, 0.15) is 5.02 Å². The Kier molecular flexibility index (Phi) is 12.4. The van der Waals surface area contributed by atoms with Crippen LogP contribution >= 0.6 is 41.5 Å². The fourth-order valence-electron chi connectivity index (χ4n) is 1.27. The molecule has 0 saturated heterocycles. The number of aliphatic hydroxyl groups is 2. The third-order valence-corrected chi connectivity index (χ3v) is 5.78. The molecular weight excluding hydrogens is 484 g/mol. The molecule has 10 nitrogen and oxygen atoms in total. The molecule has 0 saturated carbocycles. The molecule has 0 bridgehead atoms. The van der Waals surface area contributed by atoms with E-state index >= 15 is 0 Å². The summed E-state index contributed by atoms with van der Waals surface area (Å²) < 4.78 is 16.1. The first-order valence-corrected chi connectivity index (χ1v) is 11.0. The van der Waals surface area contributed by atoms with Gasteiger partial charge in [0.15, 0.2) is 17.4 Å². The van der Waals surface area contributed by atoms with Crippen molar-refractivity contribution >= 4 is 65.3 Å². The van der Waals surface area contributed by atoms with Crippen molar-refractivity contribution in [2.45, 2.75) is 26.1 Å². The number of carboxylic acid groups (broad SMARTS) is 2. The Morgan fingerprint density at radius 3 is 1.86 bits per heavy atom. The molecule has 0 spiro atoms. The van der Waals surface area contributed by atoms with Crippen LogP contribution in [0.2, 0.25) is 15.2 Å². The van der Waals surface area contributed by atoms with Crippen LogP contribution in [0.3, 0.4) is 0 Å². The second kappa shape index (κ2) is 12.7. The molecule has 0 amide bonds. The van der Waals surface area contributed by atoms with Gasteiger partial charge in [0, 0.05) is 11.8 Å². The Bertz CT molecular complexity index is 711. The quantitative estimate of drug-likeness (QED) is 0.292. The Morgan fingerprint density at radius 2 is 1.50 bits per heavy atom. The van der Waals surface area contributed by atoms with E-state index in [0.29, 0.717) is 13.2 Å². The molecule has 1 rings (SSSR count). The van der Waals surface area contributed by atoms with Crippen molar-refractivity contribution < 1.29 is 43.6 Å². The lowest BCUT2D eigenvalue weighted by Gasteiger charge is -2.20. The van der Waals surface area contributed by atoms with Crippen LogP contribution < -0.4 is 4.52 Å². The highest BCUT2D eigenvalue weighted by Gasteiger charge is 2.29. The Morgan fingerprint density at radius 1 is 1.07 bits per heavy atom. The summed E-state index contributed by atoms with van der Waals surface area (Å²) in [5.74, 6) is -3.49. The van der Waals surface area contributed by atoms with E-state index in [-0.39, 0.29) is 21.1 Å². The molecule has 0 aliphatic heterocycles. The normalized spacial score (nSPS) is 13.1. The highest BCUT2D eigenvalue weighted by molar-refractivity contribution is 8.07. The smallest absolute Gasteiger partial charge is 0.381 e. The topological polar surface area (TPSA) is 156 Å². The molecule has 0 fully saturated rings. The largest absolute Gasteiger partial charge is 0.479 e. The average molecular weight is 501 g/mol. The zero-order valence-electron chi connectivity index (χ0n) is 14.4. The van der Waals surface area contributed by atoms with Crippen molar-refractivity contribution in [3.63, 3.8) is 0 Å². The summed E-state index contributed by atoms with van der Waals surface area (Å²) in [6.07, 6.45) is -4.53. The van der Waals surface area contributed by atoms with Gasteiger partial charge in [-0.05, 0) is 19.9 Å². The number of hydrogen-bond acceptors (Lipinski definition) is 9. The fraction of sp³-hybridized carbons (Fsp3) is 0.462. The van der Waals surface area contributed by atoms with E-state index in [4.69, 9.17) is 80.6 Å². The molecule has 1 heterocycles. The van der Waals surface area contributed by atoms with E-state index in [1.165, 1.54) is 6.07 Å². The summed E-state index contributed by atoms with van der Waals surface area (Å²) in [4.78, 5) is 23.4. The second-order valence-electron chi connectivity index (χ2n) is 4.49. The molecular formula is C13H17Cl3NO9PS. The molecule has 28 heavy (non-hydrogen) atoms. The van der Waals surface area contributed by atoms with E-state index in [1.807, 2.05) is 0 Å². The zero-order valence-corrected chi connectivity index (χ0v) is 18.4. The maximum atomic E-state index is 9.77. The first kappa shape index (κ1) is 27.2. The van der Waals surface area contributed by atoms with Gasteiger partial charge in [0.2, 0.25) is 5.88 Å². The van der Waals surface area contributed by atoms with E-state index in [1.54, 1.807) is 13.8 Å².